The Morgan fingerprint density at radius 3 is 2.65 bits per heavy atom. The first-order chi connectivity index (χ1) is 8.36. The lowest BCUT2D eigenvalue weighted by atomic mass is 9.89. The van der Waals surface area contributed by atoms with Gasteiger partial charge in [0.15, 0.2) is 0 Å². The maximum atomic E-state index is 6.35. The zero-order chi connectivity index (χ0) is 11.6. The van der Waals surface area contributed by atoms with Crippen LogP contribution in [0.3, 0.4) is 0 Å². The van der Waals surface area contributed by atoms with Crippen molar-refractivity contribution < 1.29 is 4.74 Å². The van der Waals surface area contributed by atoms with Crippen molar-refractivity contribution in [2.75, 3.05) is 13.1 Å². The van der Waals surface area contributed by atoms with Gasteiger partial charge >= 0.3 is 0 Å². The van der Waals surface area contributed by atoms with Crippen LogP contribution in [0.5, 0.6) is 0 Å². The van der Waals surface area contributed by atoms with Gasteiger partial charge in [0.1, 0.15) is 0 Å². The molecule has 2 nitrogen and oxygen atoms in total. The van der Waals surface area contributed by atoms with Crippen LogP contribution >= 0.6 is 0 Å². The molecule has 1 aromatic rings. The van der Waals surface area contributed by atoms with Gasteiger partial charge in [-0.15, -0.1) is 0 Å². The molecule has 0 bridgehead atoms. The lowest BCUT2D eigenvalue weighted by molar-refractivity contribution is -0.0586. The molecule has 1 atom stereocenters. The monoisotopic (exact) mass is 231 g/mol. The van der Waals surface area contributed by atoms with E-state index in [0.29, 0.717) is 6.10 Å². The van der Waals surface area contributed by atoms with Crippen LogP contribution < -0.4 is 5.32 Å². The molecule has 3 rings (SSSR count). The predicted molar refractivity (Wildman–Crippen MR) is 69.1 cm³/mol. The van der Waals surface area contributed by atoms with E-state index in [1.165, 1.54) is 31.2 Å². The van der Waals surface area contributed by atoms with Gasteiger partial charge in [0.05, 0.1) is 11.7 Å². The van der Waals surface area contributed by atoms with Crippen molar-refractivity contribution in [3.8, 4) is 0 Å². The minimum Gasteiger partial charge on any atom is -0.371 e. The Bertz CT molecular complexity index is 356. The number of hydrogen-bond donors (Lipinski definition) is 1. The molecule has 0 amide bonds. The second kappa shape index (κ2) is 4.79. The number of ether oxygens (including phenoxy) is 1. The van der Waals surface area contributed by atoms with Gasteiger partial charge in [0.2, 0.25) is 0 Å². The Kier molecular flexibility index (Phi) is 3.17. The van der Waals surface area contributed by atoms with Crippen LogP contribution in [0.15, 0.2) is 30.3 Å². The highest BCUT2D eigenvalue weighted by molar-refractivity contribution is 5.16. The molecule has 0 aliphatic carbocycles. The molecule has 0 saturated carbocycles. The van der Waals surface area contributed by atoms with Crippen molar-refractivity contribution in [3.63, 3.8) is 0 Å². The van der Waals surface area contributed by atoms with Gasteiger partial charge in [-0.1, -0.05) is 30.3 Å². The zero-order valence-electron chi connectivity index (χ0n) is 10.3. The summed E-state index contributed by atoms with van der Waals surface area (Å²) in [5.41, 5.74) is 1.62. The van der Waals surface area contributed by atoms with Crippen molar-refractivity contribution in [1.29, 1.82) is 0 Å². The third kappa shape index (κ3) is 2.53. The van der Waals surface area contributed by atoms with Gasteiger partial charge < -0.3 is 10.1 Å². The fraction of sp³-hybridized carbons (Fsp3) is 0.600. The van der Waals surface area contributed by atoms with E-state index in [1.54, 1.807) is 0 Å². The second-order valence-electron chi connectivity index (χ2n) is 5.40. The summed E-state index contributed by atoms with van der Waals surface area (Å²) in [4.78, 5) is 0. The van der Waals surface area contributed by atoms with E-state index < -0.39 is 0 Å². The minimum absolute atomic E-state index is 0.213. The molecule has 0 radical (unpaired) electrons. The van der Waals surface area contributed by atoms with E-state index in [-0.39, 0.29) is 5.60 Å². The first kappa shape index (κ1) is 11.2. The van der Waals surface area contributed by atoms with E-state index in [9.17, 15) is 0 Å². The lowest BCUT2D eigenvalue weighted by Crippen LogP contribution is -2.42. The average molecular weight is 231 g/mol. The molecule has 2 heteroatoms. The van der Waals surface area contributed by atoms with E-state index in [0.717, 1.165) is 19.5 Å². The summed E-state index contributed by atoms with van der Waals surface area (Å²) in [5.74, 6) is 0. The summed E-state index contributed by atoms with van der Waals surface area (Å²) in [5, 5.41) is 3.42. The summed E-state index contributed by atoms with van der Waals surface area (Å²) >= 11 is 0. The molecule has 92 valence electrons. The fourth-order valence-electron chi connectivity index (χ4n) is 3.17. The molecule has 2 heterocycles. The molecule has 1 spiro atoms. The van der Waals surface area contributed by atoms with Crippen LogP contribution in [-0.4, -0.2) is 24.8 Å². The average Bonchev–Trinajstić information content (AvgIpc) is 2.74. The van der Waals surface area contributed by atoms with Crippen LogP contribution in [0, 0.1) is 0 Å². The lowest BCUT2D eigenvalue weighted by Gasteiger charge is -2.33. The van der Waals surface area contributed by atoms with E-state index in [4.69, 9.17) is 4.74 Å². The standard InChI is InChI=1S/C15H21NO/c1-2-4-13(5-3-1)12-14-6-7-15(17-14)8-10-16-11-9-15/h1-5,14,16H,6-12H2/t14-/m1/s1. The Labute approximate surface area is 103 Å². The highest BCUT2D eigenvalue weighted by atomic mass is 16.5. The molecule has 2 saturated heterocycles. The topological polar surface area (TPSA) is 21.3 Å². The predicted octanol–water partition coefficient (Wildman–Crippen LogP) is 2.53. The summed E-state index contributed by atoms with van der Waals surface area (Å²) in [6.45, 7) is 2.25. The fourth-order valence-corrected chi connectivity index (χ4v) is 3.17. The first-order valence-corrected chi connectivity index (χ1v) is 6.79. The second-order valence-corrected chi connectivity index (χ2v) is 5.40. The highest BCUT2D eigenvalue weighted by Gasteiger charge is 2.40. The maximum absolute atomic E-state index is 6.35. The number of hydrogen-bond acceptors (Lipinski definition) is 2. The van der Waals surface area contributed by atoms with Gasteiger partial charge in [-0.3, -0.25) is 0 Å². The Morgan fingerprint density at radius 2 is 1.88 bits per heavy atom. The quantitative estimate of drug-likeness (QED) is 0.844. The largest absolute Gasteiger partial charge is 0.371 e. The van der Waals surface area contributed by atoms with Crippen molar-refractivity contribution in [2.24, 2.45) is 0 Å². The molecule has 1 aromatic carbocycles. The van der Waals surface area contributed by atoms with Gasteiger partial charge in [0.25, 0.3) is 0 Å². The molecule has 1 N–H and O–H groups in total. The van der Waals surface area contributed by atoms with Crippen molar-refractivity contribution in [3.05, 3.63) is 35.9 Å². The molecule has 0 aromatic heterocycles. The van der Waals surface area contributed by atoms with E-state index >= 15 is 0 Å². The molecule has 2 aliphatic rings. The zero-order valence-corrected chi connectivity index (χ0v) is 10.3. The van der Waals surface area contributed by atoms with Gasteiger partial charge in [-0.25, -0.2) is 0 Å². The molecular formula is C15H21NO. The number of benzene rings is 1. The number of piperidine rings is 1. The third-order valence-corrected chi connectivity index (χ3v) is 4.16. The summed E-state index contributed by atoms with van der Waals surface area (Å²) in [6, 6.07) is 10.7. The number of rotatable bonds is 2. The summed E-state index contributed by atoms with van der Waals surface area (Å²) in [6.07, 6.45) is 6.39. The van der Waals surface area contributed by atoms with Crippen LogP contribution in [0.4, 0.5) is 0 Å². The number of nitrogens with one attached hydrogen (secondary N) is 1. The van der Waals surface area contributed by atoms with Crippen molar-refractivity contribution >= 4 is 0 Å². The van der Waals surface area contributed by atoms with Crippen molar-refractivity contribution in [2.45, 2.75) is 43.8 Å². The molecular weight excluding hydrogens is 210 g/mol. The summed E-state index contributed by atoms with van der Waals surface area (Å²) < 4.78 is 6.35. The molecule has 0 unspecified atom stereocenters. The van der Waals surface area contributed by atoms with E-state index in [1.807, 2.05) is 0 Å². The summed E-state index contributed by atoms with van der Waals surface area (Å²) in [7, 11) is 0. The van der Waals surface area contributed by atoms with Gasteiger partial charge in [0, 0.05) is 0 Å². The first-order valence-electron chi connectivity index (χ1n) is 6.79. The van der Waals surface area contributed by atoms with Crippen LogP contribution in [0.2, 0.25) is 0 Å². The van der Waals surface area contributed by atoms with Crippen LogP contribution in [0.1, 0.15) is 31.2 Å². The van der Waals surface area contributed by atoms with Gasteiger partial charge in [-0.05, 0) is 50.8 Å². The normalized spacial score (nSPS) is 27.4. The molecule has 2 fully saturated rings. The highest BCUT2D eigenvalue weighted by Crippen LogP contribution is 2.38. The molecule has 17 heavy (non-hydrogen) atoms. The minimum atomic E-state index is 0.213. The van der Waals surface area contributed by atoms with E-state index in [2.05, 4.69) is 35.6 Å². The van der Waals surface area contributed by atoms with Crippen LogP contribution in [-0.2, 0) is 11.2 Å². The van der Waals surface area contributed by atoms with Gasteiger partial charge in [-0.2, -0.15) is 0 Å². The maximum Gasteiger partial charge on any atom is 0.0711 e. The SMILES string of the molecule is c1ccc(C[C@H]2CCC3(CCNCC3)O2)cc1. The van der Waals surface area contributed by atoms with Crippen LogP contribution in [0.25, 0.3) is 0 Å². The Morgan fingerprint density at radius 1 is 1.12 bits per heavy atom. The smallest absolute Gasteiger partial charge is 0.0711 e. The third-order valence-electron chi connectivity index (χ3n) is 4.16. The van der Waals surface area contributed by atoms with Crippen molar-refractivity contribution in [1.82, 2.24) is 5.32 Å². The Balaban J connectivity index is 1.60. The molecule has 2 aliphatic heterocycles. The Hall–Kier alpha value is -0.860.